The van der Waals surface area contributed by atoms with Gasteiger partial charge in [-0.25, -0.2) is 4.39 Å². The second kappa shape index (κ2) is 9.11. The number of piperidine rings is 1. The molecule has 0 bridgehead atoms. The largest absolute Gasteiger partial charge is 0.481 e. The van der Waals surface area contributed by atoms with Crippen LogP contribution in [0, 0.1) is 11.2 Å². The smallest absolute Gasteiger partial charge is 0.188 e. The molecule has 0 amide bonds. The highest BCUT2D eigenvalue weighted by molar-refractivity contribution is 6.17. The highest BCUT2D eigenvalue weighted by atomic mass is 35.5. The van der Waals surface area contributed by atoms with E-state index in [1.807, 2.05) is 13.0 Å². The van der Waals surface area contributed by atoms with E-state index >= 15 is 0 Å². The second-order valence-electron chi connectivity index (χ2n) is 5.94. The first-order chi connectivity index (χ1) is 11.2. The van der Waals surface area contributed by atoms with Gasteiger partial charge < -0.3 is 9.64 Å². The molecule has 1 aromatic rings. The third kappa shape index (κ3) is 4.84. The van der Waals surface area contributed by atoms with E-state index in [1.54, 1.807) is 6.07 Å². The molecular weight excluding hydrogens is 315 g/mol. The zero-order valence-electron chi connectivity index (χ0n) is 13.8. The first-order valence-electron chi connectivity index (χ1n) is 8.49. The summed E-state index contributed by atoms with van der Waals surface area (Å²) in [5, 5.41) is 8.16. The van der Waals surface area contributed by atoms with Crippen molar-refractivity contribution in [2.45, 2.75) is 44.9 Å². The molecule has 0 aliphatic carbocycles. The summed E-state index contributed by atoms with van der Waals surface area (Å²) in [6.07, 6.45) is 4.97. The molecule has 0 aromatic heterocycles. The number of ether oxygens (including phenoxy) is 1. The van der Waals surface area contributed by atoms with E-state index in [-0.39, 0.29) is 17.6 Å². The van der Waals surface area contributed by atoms with Crippen LogP contribution >= 0.6 is 11.6 Å². The average Bonchev–Trinajstić information content (AvgIpc) is 2.57. The maximum absolute atomic E-state index is 14.3. The zero-order chi connectivity index (χ0) is 16.7. The molecule has 1 atom stereocenters. The van der Waals surface area contributed by atoms with E-state index in [0.717, 1.165) is 44.3 Å². The topological polar surface area (TPSA) is 36.3 Å². The van der Waals surface area contributed by atoms with Crippen molar-refractivity contribution in [1.29, 1.82) is 5.41 Å². The third-order valence-corrected chi connectivity index (χ3v) is 4.58. The van der Waals surface area contributed by atoms with Crippen molar-refractivity contribution in [3.63, 3.8) is 0 Å². The van der Waals surface area contributed by atoms with Gasteiger partial charge in [0.25, 0.3) is 0 Å². The van der Waals surface area contributed by atoms with Gasteiger partial charge in [0.2, 0.25) is 0 Å². The van der Waals surface area contributed by atoms with Crippen LogP contribution < -0.4 is 4.90 Å². The van der Waals surface area contributed by atoms with Gasteiger partial charge in [0.1, 0.15) is 5.82 Å². The van der Waals surface area contributed by atoms with Crippen LogP contribution in [-0.4, -0.2) is 31.5 Å². The maximum Gasteiger partial charge on any atom is 0.188 e. The highest BCUT2D eigenvalue weighted by Crippen LogP contribution is 2.30. The Balaban J connectivity index is 2.25. The number of rotatable bonds is 7. The van der Waals surface area contributed by atoms with Gasteiger partial charge in [-0.05, 0) is 56.7 Å². The monoisotopic (exact) mass is 340 g/mol. The Morgan fingerprint density at radius 1 is 1.35 bits per heavy atom. The number of halogens is 2. The summed E-state index contributed by atoms with van der Waals surface area (Å²) in [4.78, 5) is 2.12. The lowest BCUT2D eigenvalue weighted by Crippen LogP contribution is -2.30. The normalized spacial score (nSPS) is 16.2. The van der Waals surface area contributed by atoms with Crippen LogP contribution in [0.3, 0.4) is 0 Å². The van der Waals surface area contributed by atoms with Gasteiger partial charge in [0.05, 0.1) is 18.2 Å². The molecule has 0 spiro atoms. The van der Waals surface area contributed by atoms with Gasteiger partial charge in [-0.2, -0.15) is 0 Å². The summed E-state index contributed by atoms with van der Waals surface area (Å²) in [6.45, 7) is 4.14. The SMILES string of the molecule is CCOC(=N)C(CCCCl)c1ccc(F)c(N2CCCCC2)c1. The van der Waals surface area contributed by atoms with Gasteiger partial charge in [-0.1, -0.05) is 6.07 Å². The molecule has 0 saturated carbocycles. The molecule has 5 heteroatoms. The number of benzene rings is 1. The predicted octanol–water partition coefficient (Wildman–Crippen LogP) is 4.93. The third-order valence-electron chi connectivity index (χ3n) is 4.31. The van der Waals surface area contributed by atoms with Crippen LogP contribution in [0.5, 0.6) is 0 Å². The van der Waals surface area contributed by atoms with E-state index in [2.05, 4.69) is 4.90 Å². The van der Waals surface area contributed by atoms with Crippen LogP contribution in [0.15, 0.2) is 18.2 Å². The van der Waals surface area contributed by atoms with Crippen LogP contribution in [0.2, 0.25) is 0 Å². The highest BCUT2D eigenvalue weighted by Gasteiger charge is 2.22. The van der Waals surface area contributed by atoms with E-state index in [1.165, 1.54) is 12.5 Å². The van der Waals surface area contributed by atoms with E-state index in [4.69, 9.17) is 21.7 Å². The van der Waals surface area contributed by atoms with Crippen molar-refractivity contribution in [2.24, 2.45) is 0 Å². The fourth-order valence-electron chi connectivity index (χ4n) is 3.11. The van der Waals surface area contributed by atoms with Crippen LogP contribution in [0.1, 0.15) is 50.5 Å². The van der Waals surface area contributed by atoms with Crippen LogP contribution in [0.25, 0.3) is 0 Å². The van der Waals surface area contributed by atoms with Crippen molar-refractivity contribution < 1.29 is 9.13 Å². The molecule has 128 valence electrons. The fraction of sp³-hybridized carbons (Fsp3) is 0.611. The average molecular weight is 341 g/mol. The fourth-order valence-corrected chi connectivity index (χ4v) is 3.26. The summed E-state index contributed by atoms with van der Waals surface area (Å²) in [5.74, 6) is 0.456. The van der Waals surface area contributed by atoms with E-state index in [0.29, 0.717) is 18.2 Å². The molecule has 0 radical (unpaired) electrons. The van der Waals surface area contributed by atoms with Gasteiger partial charge >= 0.3 is 0 Å². The lowest BCUT2D eigenvalue weighted by atomic mass is 9.93. The number of nitrogens with zero attached hydrogens (tertiary/aromatic N) is 1. The van der Waals surface area contributed by atoms with E-state index < -0.39 is 0 Å². The maximum atomic E-state index is 14.3. The predicted molar refractivity (Wildman–Crippen MR) is 94.5 cm³/mol. The Bertz CT molecular complexity index is 518. The lowest BCUT2D eigenvalue weighted by molar-refractivity contribution is 0.305. The van der Waals surface area contributed by atoms with E-state index in [9.17, 15) is 4.39 Å². The number of nitrogens with one attached hydrogen (secondary N) is 1. The minimum absolute atomic E-state index is 0.155. The minimum atomic E-state index is -0.185. The van der Waals surface area contributed by atoms with Gasteiger partial charge in [0, 0.05) is 19.0 Å². The Kier molecular flexibility index (Phi) is 7.15. The molecule has 1 aliphatic heterocycles. The summed E-state index contributed by atoms with van der Waals surface area (Å²) >= 11 is 5.81. The van der Waals surface area contributed by atoms with Crippen molar-refractivity contribution >= 4 is 23.2 Å². The molecule has 1 aromatic carbocycles. The van der Waals surface area contributed by atoms with Gasteiger partial charge in [0.15, 0.2) is 5.90 Å². The molecule has 1 aliphatic rings. The molecule has 3 nitrogen and oxygen atoms in total. The molecule has 1 N–H and O–H groups in total. The number of anilines is 1. The molecule has 2 rings (SSSR count). The van der Waals surface area contributed by atoms with Crippen LogP contribution in [-0.2, 0) is 4.74 Å². The standard InChI is InChI=1S/C18H26ClFN2O/c1-2-23-18(21)15(7-6-10-19)14-8-9-16(20)17(13-14)22-11-4-3-5-12-22/h8-9,13,15,21H,2-7,10-12H2,1H3. The Labute approximate surface area is 143 Å². The first kappa shape index (κ1) is 18.1. The molecular formula is C18H26ClFN2O. The van der Waals surface area contributed by atoms with Gasteiger partial charge in [-0.3, -0.25) is 5.41 Å². The Morgan fingerprint density at radius 3 is 2.74 bits per heavy atom. The lowest BCUT2D eigenvalue weighted by Gasteiger charge is -2.30. The van der Waals surface area contributed by atoms with Crippen molar-refractivity contribution in [3.8, 4) is 0 Å². The number of alkyl halides is 1. The molecule has 1 saturated heterocycles. The first-order valence-corrected chi connectivity index (χ1v) is 9.02. The Morgan fingerprint density at radius 2 is 2.09 bits per heavy atom. The van der Waals surface area contributed by atoms with Crippen molar-refractivity contribution in [3.05, 3.63) is 29.6 Å². The number of hydrogen-bond donors (Lipinski definition) is 1. The number of hydrogen-bond acceptors (Lipinski definition) is 3. The molecule has 23 heavy (non-hydrogen) atoms. The zero-order valence-corrected chi connectivity index (χ0v) is 14.5. The quantitative estimate of drug-likeness (QED) is 0.434. The molecule has 1 unspecified atom stereocenters. The van der Waals surface area contributed by atoms with Gasteiger partial charge in [-0.15, -0.1) is 11.6 Å². The van der Waals surface area contributed by atoms with Crippen molar-refractivity contribution in [2.75, 3.05) is 30.5 Å². The molecule has 1 heterocycles. The van der Waals surface area contributed by atoms with Crippen molar-refractivity contribution in [1.82, 2.24) is 0 Å². The Hall–Kier alpha value is -1.29. The van der Waals surface area contributed by atoms with Crippen LogP contribution in [0.4, 0.5) is 10.1 Å². The second-order valence-corrected chi connectivity index (χ2v) is 6.32. The molecule has 1 fully saturated rings. The summed E-state index contributed by atoms with van der Waals surface area (Å²) in [6, 6.07) is 5.19. The summed E-state index contributed by atoms with van der Waals surface area (Å²) in [7, 11) is 0. The summed E-state index contributed by atoms with van der Waals surface area (Å²) in [5.41, 5.74) is 1.60. The minimum Gasteiger partial charge on any atom is -0.481 e. The summed E-state index contributed by atoms with van der Waals surface area (Å²) < 4.78 is 19.7.